The van der Waals surface area contributed by atoms with Crippen molar-refractivity contribution >= 4 is 31.7 Å². The summed E-state index contributed by atoms with van der Waals surface area (Å²) in [6.45, 7) is 3.19. The number of hydrogen-bond acceptors (Lipinski definition) is 3. The van der Waals surface area contributed by atoms with Crippen molar-refractivity contribution in [1.29, 1.82) is 0 Å². The molecule has 0 aliphatic carbocycles. The lowest BCUT2D eigenvalue weighted by atomic mass is 9.91. The van der Waals surface area contributed by atoms with Gasteiger partial charge in [0.05, 0.1) is 4.90 Å². The minimum absolute atomic E-state index is 0.0810. The second-order valence-corrected chi connectivity index (χ2v) is 11.0. The van der Waals surface area contributed by atoms with E-state index in [1.165, 1.54) is 26.0 Å². The van der Waals surface area contributed by atoms with Crippen LogP contribution in [-0.2, 0) is 14.6 Å². The van der Waals surface area contributed by atoms with Crippen LogP contribution in [0.15, 0.2) is 94.3 Å². The standard InChI is InChI=1S/C24H24BrNO3S/c1-24(2,30(28,29)21-15-13-20(25)14-16-21)23(27)26-17-22(18-9-5-3-6-10-18)19-11-7-4-8-12-19/h3-16,22H,17H2,1-2H3,(H,26,27). The first-order chi connectivity index (χ1) is 14.2. The number of halogens is 1. The third-order valence-corrected chi connectivity index (χ3v) is 8.16. The Morgan fingerprint density at radius 1 is 0.867 bits per heavy atom. The van der Waals surface area contributed by atoms with Crippen molar-refractivity contribution in [3.8, 4) is 0 Å². The van der Waals surface area contributed by atoms with Crippen molar-refractivity contribution in [3.05, 3.63) is 101 Å². The van der Waals surface area contributed by atoms with Gasteiger partial charge in [0.2, 0.25) is 5.91 Å². The van der Waals surface area contributed by atoms with Crippen molar-refractivity contribution in [1.82, 2.24) is 5.32 Å². The Kier molecular flexibility index (Phi) is 6.78. The molecule has 0 spiro atoms. The van der Waals surface area contributed by atoms with E-state index in [0.717, 1.165) is 15.6 Å². The maximum atomic E-state index is 13.1. The van der Waals surface area contributed by atoms with Crippen LogP contribution in [-0.4, -0.2) is 25.6 Å². The summed E-state index contributed by atoms with van der Waals surface area (Å²) in [5.74, 6) is -0.607. The van der Waals surface area contributed by atoms with Gasteiger partial charge in [-0.1, -0.05) is 76.6 Å². The minimum Gasteiger partial charge on any atom is -0.354 e. The summed E-state index contributed by atoms with van der Waals surface area (Å²) in [5.41, 5.74) is 2.11. The molecule has 0 saturated heterocycles. The summed E-state index contributed by atoms with van der Waals surface area (Å²) in [7, 11) is -3.86. The Labute approximate surface area is 186 Å². The van der Waals surface area contributed by atoms with E-state index in [0.29, 0.717) is 6.54 Å². The summed E-state index contributed by atoms with van der Waals surface area (Å²) in [5, 5.41) is 2.88. The molecule has 0 bridgehead atoms. The molecule has 4 nitrogen and oxygen atoms in total. The molecule has 3 aromatic carbocycles. The van der Waals surface area contributed by atoms with Crippen molar-refractivity contribution in [2.24, 2.45) is 0 Å². The topological polar surface area (TPSA) is 63.2 Å². The Morgan fingerprint density at radius 2 is 1.33 bits per heavy atom. The number of nitrogens with one attached hydrogen (secondary N) is 1. The second-order valence-electron chi connectivity index (χ2n) is 7.55. The highest BCUT2D eigenvalue weighted by Gasteiger charge is 2.42. The van der Waals surface area contributed by atoms with Crippen LogP contribution >= 0.6 is 15.9 Å². The maximum absolute atomic E-state index is 13.1. The normalized spacial score (nSPS) is 12.0. The zero-order valence-electron chi connectivity index (χ0n) is 16.9. The fraction of sp³-hybridized carbons (Fsp3) is 0.208. The van der Waals surface area contributed by atoms with Gasteiger partial charge in [0, 0.05) is 16.9 Å². The minimum atomic E-state index is -3.86. The predicted octanol–water partition coefficient (Wildman–Crippen LogP) is 4.95. The monoisotopic (exact) mass is 485 g/mol. The number of hydrogen-bond donors (Lipinski definition) is 1. The Balaban J connectivity index is 1.83. The van der Waals surface area contributed by atoms with Gasteiger partial charge in [0.25, 0.3) is 0 Å². The van der Waals surface area contributed by atoms with E-state index < -0.39 is 20.5 Å². The molecule has 0 aliphatic heterocycles. The van der Waals surface area contributed by atoms with E-state index in [9.17, 15) is 13.2 Å². The molecule has 0 atom stereocenters. The van der Waals surface area contributed by atoms with E-state index >= 15 is 0 Å². The Hall–Kier alpha value is -2.44. The molecule has 0 unspecified atom stereocenters. The van der Waals surface area contributed by atoms with Gasteiger partial charge < -0.3 is 5.32 Å². The lowest BCUT2D eigenvalue weighted by Gasteiger charge is -2.26. The van der Waals surface area contributed by atoms with E-state index in [-0.39, 0.29) is 10.8 Å². The largest absolute Gasteiger partial charge is 0.354 e. The molecular weight excluding hydrogens is 462 g/mol. The third kappa shape index (κ3) is 4.65. The number of rotatable bonds is 7. The molecule has 1 amide bonds. The number of benzene rings is 3. The van der Waals surface area contributed by atoms with Crippen LogP contribution in [0.1, 0.15) is 30.9 Å². The van der Waals surface area contributed by atoms with Gasteiger partial charge in [-0.2, -0.15) is 0 Å². The van der Waals surface area contributed by atoms with Gasteiger partial charge in [0.1, 0.15) is 4.75 Å². The fourth-order valence-corrected chi connectivity index (χ4v) is 4.90. The van der Waals surface area contributed by atoms with Crippen LogP contribution in [0.25, 0.3) is 0 Å². The highest BCUT2D eigenvalue weighted by atomic mass is 79.9. The van der Waals surface area contributed by atoms with Gasteiger partial charge >= 0.3 is 0 Å². The van der Waals surface area contributed by atoms with E-state index in [1.54, 1.807) is 12.1 Å². The maximum Gasteiger partial charge on any atom is 0.241 e. The molecule has 0 aliphatic rings. The SMILES string of the molecule is CC(C)(C(=O)NCC(c1ccccc1)c1ccccc1)S(=O)(=O)c1ccc(Br)cc1. The molecule has 0 saturated carbocycles. The molecular formula is C24H24BrNO3S. The molecule has 30 heavy (non-hydrogen) atoms. The van der Waals surface area contributed by atoms with Crippen LogP contribution in [0.3, 0.4) is 0 Å². The van der Waals surface area contributed by atoms with E-state index in [4.69, 9.17) is 0 Å². The lowest BCUT2D eigenvalue weighted by Crippen LogP contribution is -2.49. The second kappa shape index (κ2) is 9.14. The van der Waals surface area contributed by atoms with Crippen LogP contribution < -0.4 is 5.32 Å². The third-order valence-electron chi connectivity index (χ3n) is 5.21. The van der Waals surface area contributed by atoms with Crippen molar-refractivity contribution in [2.45, 2.75) is 29.4 Å². The first-order valence-corrected chi connectivity index (χ1v) is 11.9. The fourth-order valence-electron chi connectivity index (χ4n) is 3.24. The Morgan fingerprint density at radius 3 is 1.80 bits per heavy atom. The van der Waals surface area contributed by atoms with Crippen molar-refractivity contribution in [3.63, 3.8) is 0 Å². The molecule has 0 fully saturated rings. The van der Waals surface area contributed by atoms with Gasteiger partial charge in [-0.15, -0.1) is 0 Å². The summed E-state index contributed by atoms with van der Waals surface area (Å²) in [4.78, 5) is 13.1. The number of sulfone groups is 1. The molecule has 156 valence electrons. The molecule has 0 radical (unpaired) electrons. The lowest BCUT2D eigenvalue weighted by molar-refractivity contribution is -0.122. The average molecular weight is 486 g/mol. The highest BCUT2D eigenvalue weighted by Crippen LogP contribution is 2.28. The molecule has 0 heterocycles. The summed E-state index contributed by atoms with van der Waals surface area (Å²) < 4.78 is 25.4. The quantitative estimate of drug-likeness (QED) is 0.514. The van der Waals surface area contributed by atoms with Gasteiger partial charge in [0.15, 0.2) is 9.84 Å². The first kappa shape index (κ1) is 22.2. The smallest absolute Gasteiger partial charge is 0.241 e. The number of carbonyl (C=O) groups excluding carboxylic acids is 1. The molecule has 0 aromatic heterocycles. The Bertz CT molecular complexity index is 1060. The first-order valence-electron chi connectivity index (χ1n) is 9.62. The number of carbonyl (C=O) groups is 1. The summed E-state index contributed by atoms with van der Waals surface area (Å²) >= 11 is 3.30. The van der Waals surface area contributed by atoms with Gasteiger partial charge in [-0.05, 0) is 49.2 Å². The average Bonchev–Trinajstić information content (AvgIpc) is 2.75. The zero-order chi connectivity index (χ0) is 21.8. The van der Waals surface area contributed by atoms with Gasteiger partial charge in [-0.3, -0.25) is 4.79 Å². The predicted molar refractivity (Wildman–Crippen MR) is 123 cm³/mol. The highest BCUT2D eigenvalue weighted by molar-refractivity contribution is 9.10. The molecule has 3 aromatic rings. The zero-order valence-corrected chi connectivity index (χ0v) is 19.3. The van der Waals surface area contributed by atoms with E-state index in [1.807, 2.05) is 60.7 Å². The number of amides is 1. The summed E-state index contributed by atoms with van der Waals surface area (Å²) in [6, 6.07) is 26.0. The molecule has 3 rings (SSSR count). The van der Waals surface area contributed by atoms with Crippen LogP contribution in [0.5, 0.6) is 0 Å². The summed E-state index contributed by atoms with van der Waals surface area (Å²) in [6.07, 6.45) is 0. The molecule has 1 N–H and O–H groups in total. The van der Waals surface area contributed by atoms with Crippen molar-refractivity contribution < 1.29 is 13.2 Å². The van der Waals surface area contributed by atoms with Gasteiger partial charge in [-0.25, -0.2) is 8.42 Å². The molecule has 6 heteroatoms. The van der Waals surface area contributed by atoms with E-state index in [2.05, 4.69) is 21.2 Å². The van der Waals surface area contributed by atoms with Crippen LogP contribution in [0, 0.1) is 0 Å². The van der Waals surface area contributed by atoms with Crippen molar-refractivity contribution in [2.75, 3.05) is 6.54 Å². The van der Waals surface area contributed by atoms with Crippen LogP contribution in [0.4, 0.5) is 0 Å². The van der Waals surface area contributed by atoms with Crippen LogP contribution in [0.2, 0.25) is 0 Å².